The van der Waals surface area contributed by atoms with Gasteiger partial charge in [-0.25, -0.2) is 0 Å². The molecule has 0 spiro atoms. The Morgan fingerprint density at radius 3 is 3.00 bits per heavy atom. The molecule has 1 unspecified atom stereocenters. The Bertz CT molecular complexity index is 143. The third-order valence-corrected chi connectivity index (χ3v) is 1.21. The normalized spacial score (nSPS) is 23.1. The number of hydrogen-bond donors (Lipinski definition) is 0. The molecule has 4 heteroatoms. The van der Waals surface area contributed by atoms with E-state index in [1.807, 2.05) is 6.92 Å². The van der Waals surface area contributed by atoms with E-state index < -0.39 is 0 Å². The molecule has 4 nitrogen and oxygen atoms in total. The maximum absolute atomic E-state index is 5.03. The van der Waals surface area contributed by atoms with Crippen LogP contribution in [0.3, 0.4) is 0 Å². The second-order valence-electron chi connectivity index (χ2n) is 2.29. The van der Waals surface area contributed by atoms with Gasteiger partial charge in [0.05, 0.1) is 13.2 Å². The fourth-order valence-corrected chi connectivity index (χ4v) is 0.611. The van der Waals surface area contributed by atoms with E-state index in [9.17, 15) is 0 Å². The molecular formula is C7H13NO3. The molecule has 0 N–H and O–H groups in total. The molecule has 1 heterocycles. The van der Waals surface area contributed by atoms with E-state index in [0.29, 0.717) is 19.1 Å². The summed E-state index contributed by atoms with van der Waals surface area (Å²) in [6.07, 6.45) is 0.258. The van der Waals surface area contributed by atoms with Crippen LogP contribution in [-0.4, -0.2) is 31.8 Å². The molecule has 0 aromatic rings. The Morgan fingerprint density at radius 1 is 1.73 bits per heavy atom. The monoisotopic (exact) mass is 159 g/mol. The van der Waals surface area contributed by atoms with E-state index in [2.05, 4.69) is 5.16 Å². The molecule has 0 radical (unpaired) electrons. The first-order valence-electron chi connectivity index (χ1n) is 3.74. The zero-order valence-electron chi connectivity index (χ0n) is 6.87. The lowest BCUT2D eigenvalue weighted by atomic mass is 10.5. The van der Waals surface area contributed by atoms with Crippen molar-refractivity contribution in [3.63, 3.8) is 0 Å². The van der Waals surface area contributed by atoms with Gasteiger partial charge in [0.2, 0.25) is 5.90 Å². The highest BCUT2D eigenvalue weighted by atomic mass is 16.7. The molecule has 0 aromatic heterocycles. The number of hydrogen-bond acceptors (Lipinski definition) is 4. The van der Waals surface area contributed by atoms with Crippen LogP contribution in [0.1, 0.15) is 13.8 Å². The fourth-order valence-electron chi connectivity index (χ4n) is 0.611. The van der Waals surface area contributed by atoms with Crippen molar-refractivity contribution in [2.45, 2.75) is 20.0 Å². The molecule has 0 aliphatic carbocycles. The van der Waals surface area contributed by atoms with Gasteiger partial charge in [-0.3, -0.25) is 0 Å². The molecule has 1 saturated heterocycles. The van der Waals surface area contributed by atoms with Gasteiger partial charge in [0.1, 0.15) is 12.7 Å². The lowest BCUT2D eigenvalue weighted by molar-refractivity contribution is 0.115. The van der Waals surface area contributed by atoms with Crippen molar-refractivity contribution in [3.8, 4) is 0 Å². The highest BCUT2D eigenvalue weighted by Gasteiger charge is 2.23. The van der Waals surface area contributed by atoms with E-state index in [4.69, 9.17) is 14.3 Å². The molecule has 11 heavy (non-hydrogen) atoms. The van der Waals surface area contributed by atoms with Crippen LogP contribution in [-0.2, 0) is 14.3 Å². The Hall–Kier alpha value is -0.770. The Kier molecular flexibility index (Phi) is 3.16. The van der Waals surface area contributed by atoms with Crippen molar-refractivity contribution in [2.75, 3.05) is 19.8 Å². The number of nitrogens with zero attached hydrogens (tertiary/aromatic N) is 1. The van der Waals surface area contributed by atoms with Crippen molar-refractivity contribution in [3.05, 3.63) is 0 Å². The van der Waals surface area contributed by atoms with Gasteiger partial charge in [-0.1, -0.05) is 5.16 Å². The van der Waals surface area contributed by atoms with Gasteiger partial charge in [-0.2, -0.15) is 0 Å². The molecule has 1 aliphatic heterocycles. The number of oxime groups is 1. The van der Waals surface area contributed by atoms with Crippen LogP contribution in [0, 0.1) is 0 Å². The topological polar surface area (TPSA) is 43.4 Å². The standard InChI is InChI=1S/C7H13NO3/c1-3-9-6(2)8-11-5-7-4-10-7/h7H,3-5H2,1-2H3/b8-6-. The largest absolute Gasteiger partial charge is 0.479 e. The molecule has 0 bridgehead atoms. The molecule has 0 saturated carbocycles. The van der Waals surface area contributed by atoms with Crippen molar-refractivity contribution in [1.82, 2.24) is 0 Å². The van der Waals surface area contributed by atoms with Crippen LogP contribution < -0.4 is 0 Å². The lowest BCUT2D eigenvalue weighted by Crippen LogP contribution is -2.02. The first kappa shape index (κ1) is 8.33. The van der Waals surface area contributed by atoms with Crippen LogP contribution in [0.2, 0.25) is 0 Å². The molecule has 1 aliphatic rings. The summed E-state index contributed by atoms with van der Waals surface area (Å²) >= 11 is 0. The molecule has 0 amide bonds. The number of rotatable bonds is 4. The first-order valence-corrected chi connectivity index (χ1v) is 3.74. The van der Waals surface area contributed by atoms with Crippen molar-refractivity contribution >= 4 is 5.90 Å². The lowest BCUT2D eigenvalue weighted by Gasteiger charge is -2.00. The predicted octanol–water partition coefficient (Wildman–Crippen LogP) is 0.772. The summed E-state index contributed by atoms with van der Waals surface area (Å²) in [5.41, 5.74) is 0. The minimum absolute atomic E-state index is 0.258. The summed E-state index contributed by atoms with van der Waals surface area (Å²) in [7, 11) is 0. The minimum Gasteiger partial charge on any atom is -0.479 e. The number of ether oxygens (including phenoxy) is 2. The summed E-state index contributed by atoms with van der Waals surface area (Å²) in [6, 6.07) is 0. The van der Waals surface area contributed by atoms with Gasteiger partial charge in [0.15, 0.2) is 0 Å². The summed E-state index contributed by atoms with van der Waals surface area (Å²) in [5, 5.41) is 3.71. The summed E-state index contributed by atoms with van der Waals surface area (Å²) in [5.74, 6) is 0.563. The Labute approximate surface area is 66.1 Å². The van der Waals surface area contributed by atoms with Crippen LogP contribution in [0.5, 0.6) is 0 Å². The molecule has 1 atom stereocenters. The second-order valence-corrected chi connectivity index (χ2v) is 2.29. The third-order valence-electron chi connectivity index (χ3n) is 1.21. The highest BCUT2D eigenvalue weighted by molar-refractivity contribution is 5.72. The first-order chi connectivity index (χ1) is 5.33. The molecule has 1 fully saturated rings. The van der Waals surface area contributed by atoms with Gasteiger partial charge in [0.25, 0.3) is 0 Å². The van der Waals surface area contributed by atoms with Gasteiger partial charge in [-0.15, -0.1) is 0 Å². The van der Waals surface area contributed by atoms with Gasteiger partial charge >= 0.3 is 0 Å². The van der Waals surface area contributed by atoms with E-state index in [1.54, 1.807) is 6.92 Å². The molecule has 1 rings (SSSR count). The summed E-state index contributed by atoms with van der Waals surface area (Å²) in [6.45, 7) is 5.62. The molecule has 64 valence electrons. The van der Waals surface area contributed by atoms with Crippen LogP contribution in [0.4, 0.5) is 0 Å². The Morgan fingerprint density at radius 2 is 2.45 bits per heavy atom. The summed E-state index contributed by atoms with van der Waals surface area (Å²) < 4.78 is 9.94. The van der Waals surface area contributed by atoms with E-state index >= 15 is 0 Å². The van der Waals surface area contributed by atoms with Gasteiger partial charge < -0.3 is 14.3 Å². The average Bonchev–Trinajstić information content (AvgIpc) is 2.72. The minimum atomic E-state index is 0.258. The smallest absolute Gasteiger partial charge is 0.222 e. The van der Waals surface area contributed by atoms with Crippen molar-refractivity contribution in [2.24, 2.45) is 5.16 Å². The maximum atomic E-state index is 5.03. The zero-order chi connectivity index (χ0) is 8.10. The van der Waals surface area contributed by atoms with Crippen molar-refractivity contribution in [1.29, 1.82) is 0 Å². The highest BCUT2D eigenvalue weighted by Crippen LogP contribution is 2.08. The predicted molar refractivity (Wildman–Crippen MR) is 40.4 cm³/mol. The van der Waals surface area contributed by atoms with Gasteiger partial charge in [0, 0.05) is 6.92 Å². The fraction of sp³-hybridized carbons (Fsp3) is 0.857. The molecular weight excluding hydrogens is 146 g/mol. The van der Waals surface area contributed by atoms with Crippen LogP contribution in [0.15, 0.2) is 5.16 Å². The second kappa shape index (κ2) is 4.18. The number of epoxide rings is 1. The van der Waals surface area contributed by atoms with Gasteiger partial charge in [-0.05, 0) is 6.92 Å². The SMILES string of the molecule is CCO/C(C)=N\OCC1CO1. The van der Waals surface area contributed by atoms with E-state index in [-0.39, 0.29) is 6.10 Å². The quantitative estimate of drug-likeness (QED) is 0.263. The van der Waals surface area contributed by atoms with Crippen LogP contribution >= 0.6 is 0 Å². The zero-order valence-corrected chi connectivity index (χ0v) is 6.87. The third kappa shape index (κ3) is 3.83. The molecule has 0 aromatic carbocycles. The van der Waals surface area contributed by atoms with Crippen molar-refractivity contribution < 1.29 is 14.3 Å². The Balaban J connectivity index is 2.01. The summed E-state index contributed by atoms with van der Waals surface area (Å²) in [4.78, 5) is 4.91. The van der Waals surface area contributed by atoms with E-state index in [1.165, 1.54) is 0 Å². The maximum Gasteiger partial charge on any atom is 0.222 e. The van der Waals surface area contributed by atoms with Crippen LogP contribution in [0.25, 0.3) is 0 Å². The average molecular weight is 159 g/mol. The van der Waals surface area contributed by atoms with E-state index in [0.717, 1.165) is 6.61 Å².